The third-order valence-electron chi connectivity index (χ3n) is 2.78. The maximum Gasteiger partial charge on any atom is 0.417 e. The van der Waals surface area contributed by atoms with Crippen molar-refractivity contribution in [3.63, 3.8) is 0 Å². The minimum atomic E-state index is -4.65. The van der Waals surface area contributed by atoms with E-state index in [1.807, 2.05) is 0 Å². The molecule has 3 N–H and O–H groups in total. The average molecular weight is 400 g/mol. The molecule has 0 unspecified atom stereocenters. The lowest BCUT2D eigenvalue weighted by atomic mass is 10.1. The second kappa shape index (κ2) is 8.46. The van der Waals surface area contributed by atoms with E-state index in [0.29, 0.717) is 12.3 Å². The molecule has 24 heavy (non-hydrogen) atoms. The first kappa shape index (κ1) is 20.4. The van der Waals surface area contributed by atoms with E-state index < -0.39 is 17.7 Å². The van der Waals surface area contributed by atoms with Crippen LogP contribution >= 0.6 is 34.8 Å². The topological polar surface area (TPSA) is 55.1 Å². The van der Waals surface area contributed by atoms with Crippen LogP contribution in [0.2, 0.25) is 10.0 Å². The van der Waals surface area contributed by atoms with Crippen LogP contribution in [0.4, 0.5) is 13.2 Å². The third-order valence-corrected chi connectivity index (χ3v) is 3.79. The minimum Gasteiger partial charge on any atom is -0.404 e. The molecular weight excluding hydrogens is 388 g/mol. The molecule has 1 rings (SSSR count). The molecule has 0 aliphatic heterocycles. The van der Waals surface area contributed by atoms with Gasteiger partial charge in [-0.1, -0.05) is 47.4 Å². The van der Waals surface area contributed by atoms with Crippen molar-refractivity contribution in [3.05, 3.63) is 68.8 Å². The summed E-state index contributed by atoms with van der Waals surface area (Å²) >= 11 is 17.5. The summed E-state index contributed by atoms with van der Waals surface area (Å²) < 4.78 is 37.8. The van der Waals surface area contributed by atoms with Crippen molar-refractivity contribution in [3.8, 4) is 0 Å². The molecule has 0 saturated carbocycles. The normalized spacial score (nSPS) is 12.9. The standard InChI is InChI=1S/C15H12Cl3F3N2O/c1-8(12(18)5-9(6-22)15(19,20)21)7-23-14(24)13-10(16)3-2-4-11(13)17/h2-6H,1,7,22H2,(H,23,24)/b9-6+,12-5+. The number of nitrogens with one attached hydrogen (secondary N) is 1. The number of rotatable bonds is 5. The summed E-state index contributed by atoms with van der Waals surface area (Å²) in [6, 6.07) is 4.52. The second-order valence-electron chi connectivity index (χ2n) is 4.49. The van der Waals surface area contributed by atoms with E-state index in [1.54, 1.807) is 6.07 Å². The zero-order valence-electron chi connectivity index (χ0n) is 12.1. The number of halogens is 6. The minimum absolute atomic E-state index is 0.0477. The largest absolute Gasteiger partial charge is 0.417 e. The quantitative estimate of drug-likeness (QED) is 0.698. The molecule has 0 aromatic heterocycles. The Bertz CT molecular complexity index is 692. The van der Waals surface area contributed by atoms with Crippen LogP contribution < -0.4 is 11.1 Å². The van der Waals surface area contributed by atoms with Gasteiger partial charge in [0.25, 0.3) is 5.91 Å². The Morgan fingerprint density at radius 2 is 1.83 bits per heavy atom. The Morgan fingerprint density at radius 3 is 2.29 bits per heavy atom. The maximum absolute atomic E-state index is 12.6. The van der Waals surface area contributed by atoms with Crippen LogP contribution in [0.25, 0.3) is 0 Å². The van der Waals surface area contributed by atoms with Gasteiger partial charge in [-0.05, 0) is 23.8 Å². The van der Waals surface area contributed by atoms with Gasteiger partial charge in [0.1, 0.15) is 0 Å². The number of alkyl halides is 3. The number of nitrogens with two attached hydrogens (primary N) is 1. The molecule has 1 aromatic rings. The highest BCUT2D eigenvalue weighted by molar-refractivity contribution is 6.39. The van der Waals surface area contributed by atoms with E-state index >= 15 is 0 Å². The molecule has 0 aliphatic carbocycles. The molecule has 0 heterocycles. The fourth-order valence-corrected chi connectivity index (χ4v) is 2.29. The van der Waals surface area contributed by atoms with Gasteiger partial charge in [0.2, 0.25) is 0 Å². The summed E-state index contributed by atoms with van der Waals surface area (Å²) in [6.45, 7) is 3.32. The molecule has 1 amide bonds. The van der Waals surface area contributed by atoms with Crippen molar-refractivity contribution in [1.82, 2.24) is 5.32 Å². The van der Waals surface area contributed by atoms with E-state index in [-0.39, 0.29) is 32.8 Å². The lowest BCUT2D eigenvalue weighted by molar-refractivity contribution is -0.0883. The van der Waals surface area contributed by atoms with E-state index in [0.717, 1.165) is 0 Å². The summed E-state index contributed by atoms with van der Waals surface area (Å²) in [7, 11) is 0. The Balaban J connectivity index is 2.81. The van der Waals surface area contributed by atoms with Crippen LogP contribution in [0.15, 0.2) is 53.2 Å². The predicted molar refractivity (Wildman–Crippen MR) is 90.2 cm³/mol. The first-order valence-corrected chi connectivity index (χ1v) is 7.48. The highest BCUT2D eigenvalue weighted by atomic mass is 35.5. The van der Waals surface area contributed by atoms with Gasteiger partial charge in [0.05, 0.1) is 21.2 Å². The molecule has 9 heteroatoms. The number of hydrogen-bond acceptors (Lipinski definition) is 2. The van der Waals surface area contributed by atoms with Crippen LogP contribution in [0, 0.1) is 0 Å². The molecule has 0 bridgehead atoms. The van der Waals surface area contributed by atoms with E-state index in [2.05, 4.69) is 11.9 Å². The molecule has 0 radical (unpaired) electrons. The van der Waals surface area contributed by atoms with Gasteiger partial charge in [-0.25, -0.2) is 0 Å². The number of allylic oxidation sites excluding steroid dienone is 2. The van der Waals surface area contributed by atoms with Gasteiger partial charge >= 0.3 is 6.18 Å². The molecule has 0 spiro atoms. The van der Waals surface area contributed by atoms with Crippen molar-refractivity contribution in [1.29, 1.82) is 0 Å². The van der Waals surface area contributed by atoms with Gasteiger partial charge in [0, 0.05) is 17.8 Å². The summed E-state index contributed by atoms with van der Waals surface area (Å²) in [4.78, 5) is 12.1. The van der Waals surface area contributed by atoms with Crippen molar-refractivity contribution >= 4 is 40.7 Å². The van der Waals surface area contributed by atoms with Gasteiger partial charge in [0.15, 0.2) is 0 Å². The van der Waals surface area contributed by atoms with Gasteiger partial charge in [-0.15, -0.1) is 0 Å². The smallest absolute Gasteiger partial charge is 0.404 e. The zero-order chi connectivity index (χ0) is 18.5. The average Bonchev–Trinajstić information content (AvgIpc) is 2.48. The molecule has 0 atom stereocenters. The Kier molecular flexibility index (Phi) is 7.20. The van der Waals surface area contributed by atoms with Gasteiger partial charge < -0.3 is 11.1 Å². The van der Waals surface area contributed by atoms with E-state index in [9.17, 15) is 18.0 Å². The number of hydrogen-bond donors (Lipinski definition) is 2. The fraction of sp³-hybridized carbons (Fsp3) is 0.133. The SMILES string of the molecule is C=C(CNC(=O)c1c(Cl)cccc1Cl)/C(Cl)=C\C(=C/N)C(F)(F)F. The Hall–Kier alpha value is -1.63. The molecule has 0 fully saturated rings. The van der Waals surface area contributed by atoms with Crippen LogP contribution in [0.1, 0.15) is 10.4 Å². The fourth-order valence-electron chi connectivity index (χ4n) is 1.54. The second-order valence-corrected chi connectivity index (χ2v) is 5.72. The first-order chi connectivity index (χ1) is 11.1. The molecule has 130 valence electrons. The lowest BCUT2D eigenvalue weighted by Gasteiger charge is -2.11. The third kappa shape index (κ3) is 5.47. The van der Waals surface area contributed by atoms with Gasteiger partial charge in [-0.3, -0.25) is 4.79 Å². The Morgan fingerprint density at radius 1 is 1.29 bits per heavy atom. The van der Waals surface area contributed by atoms with Crippen LogP contribution in [0.3, 0.4) is 0 Å². The predicted octanol–water partition coefficient (Wildman–Crippen LogP) is 4.81. The summed E-state index contributed by atoms with van der Waals surface area (Å²) in [5.74, 6) is -0.610. The van der Waals surface area contributed by atoms with Crippen LogP contribution in [-0.2, 0) is 0 Å². The van der Waals surface area contributed by atoms with Crippen molar-refractivity contribution in [2.24, 2.45) is 5.73 Å². The summed E-state index contributed by atoms with van der Waals surface area (Å²) in [5.41, 5.74) is 3.89. The van der Waals surface area contributed by atoms with Gasteiger partial charge in [-0.2, -0.15) is 13.2 Å². The van der Waals surface area contributed by atoms with Crippen molar-refractivity contribution < 1.29 is 18.0 Å². The monoisotopic (exact) mass is 398 g/mol. The van der Waals surface area contributed by atoms with E-state index in [4.69, 9.17) is 40.5 Å². The van der Waals surface area contributed by atoms with E-state index in [1.165, 1.54) is 12.1 Å². The number of amides is 1. The molecular formula is C15H12Cl3F3N2O. The number of carbonyl (C=O) groups is 1. The van der Waals surface area contributed by atoms with Crippen molar-refractivity contribution in [2.75, 3.05) is 6.54 Å². The van der Waals surface area contributed by atoms with Crippen LogP contribution in [-0.4, -0.2) is 18.6 Å². The number of carbonyl (C=O) groups excluding carboxylic acids is 1. The summed E-state index contributed by atoms with van der Waals surface area (Å²) in [6.07, 6.45) is -3.64. The molecule has 1 aromatic carbocycles. The number of benzene rings is 1. The van der Waals surface area contributed by atoms with Crippen molar-refractivity contribution in [2.45, 2.75) is 6.18 Å². The Labute approximate surface area is 151 Å². The maximum atomic E-state index is 12.6. The zero-order valence-corrected chi connectivity index (χ0v) is 14.3. The molecule has 0 saturated heterocycles. The highest BCUT2D eigenvalue weighted by Gasteiger charge is 2.32. The lowest BCUT2D eigenvalue weighted by Crippen LogP contribution is -2.26. The van der Waals surface area contributed by atoms with Crippen LogP contribution in [0.5, 0.6) is 0 Å². The molecule has 0 aliphatic rings. The summed E-state index contributed by atoms with van der Waals surface area (Å²) in [5, 5.41) is 2.40. The molecule has 3 nitrogen and oxygen atoms in total. The first-order valence-electron chi connectivity index (χ1n) is 6.34. The highest BCUT2D eigenvalue weighted by Crippen LogP contribution is 2.29.